The Kier molecular flexibility index (Phi) is 4.39. The molecule has 2 aromatic rings. The summed E-state index contributed by atoms with van der Waals surface area (Å²) in [4.78, 5) is 11.7. The number of aromatic nitrogens is 1. The van der Waals surface area contributed by atoms with Crippen LogP contribution < -0.4 is 10.3 Å². The Labute approximate surface area is 113 Å². The van der Waals surface area contributed by atoms with Crippen LogP contribution in [-0.2, 0) is 6.54 Å². The molecule has 100 valence electrons. The van der Waals surface area contributed by atoms with Crippen molar-refractivity contribution in [2.24, 2.45) is 0 Å². The Morgan fingerprint density at radius 1 is 1.11 bits per heavy atom. The minimum absolute atomic E-state index is 0.0514. The van der Waals surface area contributed by atoms with Gasteiger partial charge in [-0.05, 0) is 44.0 Å². The maximum Gasteiger partial charge on any atom is 0.250 e. The quantitative estimate of drug-likeness (QED) is 0.771. The first-order valence-electron chi connectivity index (χ1n) is 6.53. The van der Waals surface area contributed by atoms with Crippen LogP contribution >= 0.6 is 0 Å². The molecule has 1 aromatic heterocycles. The number of aryl methyl sites for hydroxylation is 2. The molecule has 0 saturated carbocycles. The van der Waals surface area contributed by atoms with Crippen LogP contribution in [0.5, 0.6) is 5.75 Å². The predicted octanol–water partition coefficient (Wildman–Crippen LogP) is 2.93. The fourth-order valence-electron chi connectivity index (χ4n) is 2.03. The molecule has 2 rings (SSSR count). The Morgan fingerprint density at radius 3 is 2.63 bits per heavy atom. The maximum atomic E-state index is 11.7. The fourth-order valence-corrected chi connectivity index (χ4v) is 2.03. The molecule has 0 radical (unpaired) electrons. The second-order valence-electron chi connectivity index (χ2n) is 4.68. The van der Waals surface area contributed by atoms with E-state index in [4.69, 9.17) is 4.74 Å². The van der Waals surface area contributed by atoms with E-state index < -0.39 is 0 Å². The van der Waals surface area contributed by atoms with E-state index in [9.17, 15) is 4.79 Å². The number of nitrogens with zero attached hydrogens (tertiary/aromatic N) is 1. The van der Waals surface area contributed by atoms with Crippen molar-refractivity contribution >= 4 is 0 Å². The van der Waals surface area contributed by atoms with Crippen molar-refractivity contribution in [3.05, 3.63) is 64.1 Å². The van der Waals surface area contributed by atoms with Crippen molar-refractivity contribution in [1.29, 1.82) is 0 Å². The van der Waals surface area contributed by atoms with E-state index in [2.05, 4.69) is 0 Å². The summed E-state index contributed by atoms with van der Waals surface area (Å²) in [5.74, 6) is 0.886. The van der Waals surface area contributed by atoms with E-state index in [0.29, 0.717) is 13.2 Å². The molecular weight excluding hydrogens is 238 g/mol. The lowest BCUT2D eigenvalue weighted by Crippen LogP contribution is -2.21. The molecule has 0 N–H and O–H groups in total. The summed E-state index contributed by atoms with van der Waals surface area (Å²) < 4.78 is 7.45. The van der Waals surface area contributed by atoms with Crippen LogP contribution in [0.4, 0.5) is 0 Å². The van der Waals surface area contributed by atoms with E-state index in [1.165, 1.54) is 5.56 Å². The summed E-state index contributed by atoms with van der Waals surface area (Å²) in [6.45, 7) is 5.30. The standard InChI is InChI=1S/C16H19NO2/c1-13-6-3-8-15(12-13)19-11-5-10-17-14(2)7-4-9-16(17)18/h3-4,6-9,12H,5,10-11H2,1-2H3. The summed E-state index contributed by atoms with van der Waals surface area (Å²) >= 11 is 0. The molecule has 1 heterocycles. The van der Waals surface area contributed by atoms with Gasteiger partial charge in [0.2, 0.25) is 0 Å². The van der Waals surface area contributed by atoms with Crippen LogP contribution in [0.3, 0.4) is 0 Å². The summed E-state index contributed by atoms with van der Waals surface area (Å²) in [5.41, 5.74) is 2.23. The average molecular weight is 257 g/mol. The number of benzene rings is 1. The number of hydrogen-bond acceptors (Lipinski definition) is 2. The second kappa shape index (κ2) is 6.23. The Balaban J connectivity index is 1.86. The molecule has 0 aliphatic heterocycles. The Hall–Kier alpha value is -2.03. The zero-order valence-electron chi connectivity index (χ0n) is 11.4. The third kappa shape index (κ3) is 3.71. The highest BCUT2D eigenvalue weighted by molar-refractivity contribution is 5.27. The SMILES string of the molecule is Cc1cccc(OCCCn2c(C)cccc2=O)c1. The lowest BCUT2D eigenvalue weighted by Gasteiger charge is -2.10. The molecule has 0 fully saturated rings. The topological polar surface area (TPSA) is 31.2 Å². The van der Waals surface area contributed by atoms with Crippen LogP contribution in [0, 0.1) is 13.8 Å². The van der Waals surface area contributed by atoms with Crippen molar-refractivity contribution < 1.29 is 4.74 Å². The second-order valence-corrected chi connectivity index (χ2v) is 4.68. The summed E-state index contributed by atoms with van der Waals surface area (Å²) in [7, 11) is 0. The highest BCUT2D eigenvalue weighted by Crippen LogP contribution is 2.12. The Bertz CT molecular complexity index is 602. The highest BCUT2D eigenvalue weighted by Gasteiger charge is 1.99. The molecular formula is C16H19NO2. The van der Waals surface area contributed by atoms with Crippen molar-refractivity contribution in [3.63, 3.8) is 0 Å². The van der Waals surface area contributed by atoms with Crippen LogP contribution in [0.1, 0.15) is 17.7 Å². The zero-order valence-corrected chi connectivity index (χ0v) is 11.4. The van der Waals surface area contributed by atoms with E-state index in [0.717, 1.165) is 17.9 Å². The van der Waals surface area contributed by atoms with Gasteiger partial charge in [0.1, 0.15) is 5.75 Å². The van der Waals surface area contributed by atoms with Crippen molar-refractivity contribution in [1.82, 2.24) is 4.57 Å². The van der Waals surface area contributed by atoms with Crippen molar-refractivity contribution in [3.8, 4) is 5.75 Å². The van der Waals surface area contributed by atoms with Gasteiger partial charge in [-0.3, -0.25) is 4.79 Å². The van der Waals surface area contributed by atoms with Crippen molar-refractivity contribution in [2.45, 2.75) is 26.8 Å². The maximum absolute atomic E-state index is 11.7. The first-order valence-corrected chi connectivity index (χ1v) is 6.53. The van der Waals surface area contributed by atoms with Gasteiger partial charge in [-0.1, -0.05) is 18.2 Å². The molecule has 3 heteroatoms. The van der Waals surface area contributed by atoms with E-state index in [1.54, 1.807) is 16.7 Å². The molecule has 0 aliphatic carbocycles. The van der Waals surface area contributed by atoms with Crippen LogP contribution in [0.25, 0.3) is 0 Å². The van der Waals surface area contributed by atoms with Gasteiger partial charge in [-0.25, -0.2) is 0 Å². The number of ether oxygens (including phenoxy) is 1. The number of hydrogen-bond donors (Lipinski definition) is 0. The lowest BCUT2D eigenvalue weighted by molar-refractivity contribution is 0.300. The highest BCUT2D eigenvalue weighted by atomic mass is 16.5. The number of rotatable bonds is 5. The van der Waals surface area contributed by atoms with Gasteiger partial charge in [0, 0.05) is 18.3 Å². The summed E-state index contributed by atoms with van der Waals surface area (Å²) in [6.07, 6.45) is 0.818. The van der Waals surface area contributed by atoms with Gasteiger partial charge in [0.05, 0.1) is 6.61 Å². The van der Waals surface area contributed by atoms with E-state index in [1.807, 2.05) is 44.2 Å². The van der Waals surface area contributed by atoms with Gasteiger partial charge < -0.3 is 9.30 Å². The molecule has 0 bridgehead atoms. The van der Waals surface area contributed by atoms with Gasteiger partial charge in [-0.2, -0.15) is 0 Å². The third-order valence-electron chi connectivity index (χ3n) is 3.05. The number of pyridine rings is 1. The molecule has 0 spiro atoms. The van der Waals surface area contributed by atoms with Crippen molar-refractivity contribution in [2.75, 3.05) is 6.61 Å². The van der Waals surface area contributed by atoms with Gasteiger partial charge in [0.15, 0.2) is 0 Å². The average Bonchev–Trinajstić information content (AvgIpc) is 2.37. The molecule has 0 atom stereocenters. The first-order chi connectivity index (χ1) is 9.16. The molecule has 3 nitrogen and oxygen atoms in total. The minimum atomic E-state index is 0.0514. The predicted molar refractivity (Wildman–Crippen MR) is 76.7 cm³/mol. The normalized spacial score (nSPS) is 10.4. The molecule has 0 unspecified atom stereocenters. The first kappa shape index (κ1) is 13.4. The van der Waals surface area contributed by atoms with Gasteiger partial charge in [0.25, 0.3) is 5.56 Å². The minimum Gasteiger partial charge on any atom is -0.494 e. The van der Waals surface area contributed by atoms with E-state index >= 15 is 0 Å². The van der Waals surface area contributed by atoms with Crippen LogP contribution in [-0.4, -0.2) is 11.2 Å². The molecule has 1 aromatic carbocycles. The van der Waals surface area contributed by atoms with Gasteiger partial charge >= 0.3 is 0 Å². The monoisotopic (exact) mass is 257 g/mol. The smallest absolute Gasteiger partial charge is 0.250 e. The van der Waals surface area contributed by atoms with Crippen LogP contribution in [0.2, 0.25) is 0 Å². The largest absolute Gasteiger partial charge is 0.494 e. The third-order valence-corrected chi connectivity index (χ3v) is 3.05. The summed E-state index contributed by atoms with van der Waals surface area (Å²) in [5, 5.41) is 0. The summed E-state index contributed by atoms with van der Waals surface area (Å²) in [6, 6.07) is 13.3. The van der Waals surface area contributed by atoms with E-state index in [-0.39, 0.29) is 5.56 Å². The zero-order chi connectivity index (χ0) is 13.7. The van der Waals surface area contributed by atoms with Gasteiger partial charge in [-0.15, -0.1) is 0 Å². The molecule has 0 saturated heterocycles. The molecule has 0 aliphatic rings. The Morgan fingerprint density at radius 2 is 1.89 bits per heavy atom. The lowest BCUT2D eigenvalue weighted by atomic mass is 10.2. The van der Waals surface area contributed by atoms with Crippen LogP contribution in [0.15, 0.2) is 47.3 Å². The molecule has 0 amide bonds. The fraction of sp³-hybridized carbons (Fsp3) is 0.312. The molecule has 19 heavy (non-hydrogen) atoms.